The molecule has 3 aromatic rings. The van der Waals surface area contributed by atoms with Crippen LogP contribution in [-0.4, -0.2) is 22.2 Å². The van der Waals surface area contributed by atoms with Gasteiger partial charge < -0.3 is 5.11 Å². The Bertz CT molecular complexity index is 1090. The molecule has 0 radical (unpaired) electrons. The van der Waals surface area contributed by atoms with E-state index in [-0.39, 0.29) is 17.1 Å². The Morgan fingerprint density at radius 3 is 2.33 bits per heavy atom. The Hall–Kier alpha value is -2.70. The van der Waals surface area contributed by atoms with Crippen molar-refractivity contribution in [3.05, 3.63) is 68.7 Å². The zero-order valence-corrected chi connectivity index (χ0v) is 19.1. The minimum Gasteiger partial charge on any atom is -0.507 e. The van der Waals surface area contributed by atoms with Crippen molar-refractivity contribution in [2.75, 3.05) is 0 Å². The van der Waals surface area contributed by atoms with Crippen LogP contribution >= 0.6 is 22.9 Å². The third-order valence-electron chi connectivity index (χ3n) is 4.53. The summed E-state index contributed by atoms with van der Waals surface area (Å²) in [7, 11) is 0. The highest BCUT2D eigenvalue weighted by atomic mass is 35.5. The lowest BCUT2D eigenvalue weighted by Gasteiger charge is -2.16. The summed E-state index contributed by atoms with van der Waals surface area (Å²) in [6, 6.07) is 11.0. The predicted octanol–water partition coefficient (Wildman–Crippen LogP) is 5.85. The molecule has 30 heavy (non-hydrogen) atoms. The highest BCUT2D eigenvalue weighted by Crippen LogP contribution is 2.34. The highest BCUT2D eigenvalue weighted by molar-refractivity contribution is 7.17. The normalized spacial score (nSPS) is 11.8. The SMILES string of the molecule is Cc1cc(/C=N/NC(=O)c2sc(-c3ccc(Cl)cc3)nc2C(C)(C)C)cc(C)c1O. The number of carbonyl (C=O) groups excluding carboxylic acids is 1. The van der Waals surface area contributed by atoms with Gasteiger partial charge in [-0.2, -0.15) is 5.10 Å². The number of benzene rings is 2. The monoisotopic (exact) mass is 441 g/mol. The standard InChI is InChI=1S/C23H24ClN3O2S/c1-13-10-15(11-14(2)18(13)28)12-25-27-21(29)19-20(23(3,4)5)26-22(30-19)16-6-8-17(24)9-7-16/h6-12,28H,1-5H3,(H,27,29)/b25-12+. The molecule has 1 aromatic heterocycles. The second-order valence-corrected chi connectivity index (χ2v) is 9.59. The molecule has 0 saturated carbocycles. The smallest absolute Gasteiger partial charge is 0.283 e. The molecular formula is C23H24ClN3O2S. The van der Waals surface area contributed by atoms with Crippen LogP contribution in [0.4, 0.5) is 0 Å². The van der Waals surface area contributed by atoms with Gasteiger partial charge in [0.05, 0.1) is 11.9 Å². The number of thiazole rings is 1. The van der Waals surface area contributed by atoms with E-state index in [2.05, 4.69) is 10.5 Å². The molecule has 1 heterocycles. The van der Waals surface area contributed by atoms with E-state index in [9.17, 15) is 9.90 Å². The number of aromatic hydroxyl groups is 1. The summed E-state index contributed by atoms with van der Waals surface area (Å²) >= 11 is 7.32. The minimum absolute atomic E-state index is 0.269. The molecule has 0 fully saturated rings. The zero-order valence-electron chi connectivity index (χ0n) is 17.6. The summed E-state index contributed by atoms with van der Waals surface area (Å²) in [4.78, 5) is 18.1. The lowest BCUT2D eigenvalue weighted by Crippen LogP contribution is -2.22. The molecule has 0 saturated heterocycles. The quantitative estimate of drug-likeness (QED) is 0.394. The Morgan fingerprint density at radius 1 is 1.17 bits per heavy atom. The highest BCUT2D eigenvalue weighted by Gasteiger charge is 2.27. The van der Waals surface area contributed by atoms with Crippen molar-refractivity contribution in [3.8, 4) is 16.3 Å². The van der Waals surface area contributed by atoms with Gasteiger partial charge in [-0.15, -0.1) is 11.3 Å². The molecule has 0 aliphatic rings. The summed E-state index contributed by atoms with van der Waals surface area (Å²) < 4.78 is 0. The number of aromatic nitrogens is 1. The maximum absolute atomic E-state index is 12.9. The fourth-order valence-electron chi connectivity index (χ4n) is 2.98. The molecule has 0 spiro atoms. The minimum atomic E-state index is -0.305. The number of hydrogen-bond donors (Lipinski definition) is 2. The predicted molar refractivity (Wildman–Crippen MR) is 124 cm³/mol. The van der Waals surface area contributed by atoms with Crippen molar-refractivity contribution in [1.29, 1.82) is 0 Å². The van der Waals surface area contributed by atoms with E-state index < -0.39 is 0 Å². The van der Waals surface area contributed by atoms with Gasteiger partial charge in [-0.25, -0.2) is 10.4 Å². The number of hydrogen-bond acceptors (Lipinski definition) is 5. The number of phenolic OH excluding ortho intramolecular Hbond substituents is 1. The largest absolute Gasteiger partial charge is 0.507 e. The number of halogens is 1. The molecule has 0 aliphatic carbocycles. The second-order valence-electron chi connectivity index (χ2n) is 8.16. The van der Waals surface area contributed by atoms with Crippen molar-refractivity contribution < 1.29 is 9.90 Å². The Balaban J connectivity index is 1.86. The summed E-state index contributed by atoms with van der Waals surface area (Å²) in [5, 5.41) is 15.4. The molecule has 0 unspecified atom stereocenters. The van der Waals surface area contributed by atoms with E-state index >= 15 is 0 Å². The molecule has 1 amide bonds. The van der Waals surface area contributed by atoms with E-state index in [1.54, 1.807) is 18.3 Å². The van der Waals surface area contributed by atoms with Gasteiger partial charge in [0.15, 0.2) is 0 Å². The third-order valence-corrected chi connectivity index (χ3v) is 5.88. The number of hydrazone groups is 1. The van der Waals surface area contributed by atoms with Gasteiger partial charge in [0.25, 0.3) is 5.91 Å². The Morgan fingerprint density at radius 2 is 1.77 bits per heavy atom. The van der Waals surface area contributed by atoms with E-state index in [1.807, 2.05) is 58.9 Å². The zero-order chi connectivity index (χ0) is 22.1. The number of phenols is 1. The van der Waals surface area contributed by atoms with Crippen molar-refractivity contribution in [1.82, 2.24) is 10.4 Å². The van der Waals surface area contributed by atoms with E-state index in [0.29, 0.717) is 9.90 Å². The van der Waals surface area contributed by atoms with Crippen molar-refractivity contribution in [3.63, 3.8) is 0 Å². The van der Waals surface area contributed by atoms with Crippen LogP contribution in [0.2, 0.25) is 5.02 Å². The number of nitrogens with zero attached hydrogens (tertiary/aromatic N) is 2. The lowest BCUT2D eigenvalue weighted by atomic mass is 9.91. The molecule has 7 heteroatoms. The fraction of sp³-hybridized carbons (Fsp3) is 0.261. The van der Waals surface area contributed by atoms with Crippen molar-refractivity contribution in [2.24, 2.45) is 5.10 Å². The topological polar surface area (TPSA) is 74.6 Å². The Kier molecular flexibility index (Phi) is 6.29. The molecular weight excluding hydrogens is 418 g/mol. The van der Waals surface area contributed by atoms with Gasteiger partial charge in [0, 0.05) is 16.0 Å². The van der Waals surface area contributed by atoms with Crippen LogP contribution < -0.4 is 5.43 Å². The van der Waals surface area contributed by atoms with E-state index in [1.165, 1.54) is 11.3 Å². The maximum atomic E-state index is 12.9. The first kappa shape index (κ1) is 22.0. The molecule has 3 rings (SSSR count). The van der Waals surface area contributed by atoms with Gasteiger partial charge >= 0.3 is 0 Å². The molecule has 2 aromatic carbocycles. The number of rotatable bonds is 4. The van der Waals surface area contributed by atoms with Gasteiger partial charge in [0.2, 0.25) is 0 Å². The summed E-state index contributed by atoms with van der Waals surface area (Å²) in [6.07, 6.45) is 1.56. The average molecular weight is 442 g/mol. The van der Waals surface area contributed by atoms with Crippen LogP contribution in [0.3, 0.4) is 0 Å². The van der Waals surface area contributed by atoms with Crippen LogP contribution in [-0.2, 0) is 5.41 Å². The molecule has 0 atom stereocenters. The van der Waals surface area contributed by atoms with Crippen LogP contribution in [0.1, 0.15) is 52.8 Å². The summed E-state index contributed by atoms with van der Waals surface area (Å²) in [5.74, 6) is -0.0356. The van der Waals surface area contributed by atoms with E-state index in [0.717, 1.165) is 33.0 Å². The Labute approximate surface area is 185 Å². The molecule has 5 nitrogen and oxygen atoms in total. The number of nitrogens with one attached hydrogen (secondary N) is 1. The molecule has 156 valence electrons. The summed E-state index contributed by atoms with van der Waals surface area (Å²) in [6.45, 7) is 9.72. The van der Waals surface area contributed by atoms with Crippen LogP contribution in [0.15, 0.2) is 41.5 Å². The second kappa shape index (κ2) is 8.58. The molecule has 2 N–H and O–H groups in total. The van der Waals surface area contributed by atoms with Gasteiger partial charge in [-0.3, -0.25) is 4.79 Å². The molecule has 0 aliphatic heterocycles. The number of amides is 1. The van der Waals surface area contributed by atoms with Crippen molar-refractivity contribution in [2.45, 2.75) is 40.0 Å². The van der Waals surface area contributed by atoms with Crippen LogP contribution in [0.5, 0.6) is 5.75 Å². The van der Waals surface area contributed by atoms with E-state index in [4.69, 9.17) is 16.6 Å². The maximum Gasteiger partial charge on any atom is 0.283 e. The van der Waals surface area contributed by atoms with Crippen LogP contribution in [0, 0.1) is 13.8 Å². The third kappa shape index (κ3) is 4.89. The number of aryl methyl sites for hydroxylation is 2. The molecule has 0 bridgehead atoms. The van der Waals surface area contributed by atoms with Crippen molar-refractivity contribution >= 4 is 35.1 Å². The average Bonchev–Trinajstić information content (AvgIpc) is 3.12. The fourth-order valence-corrected chi connectivity index (χ4v) is 4.28. The first-order valence-corrected chi connectivity index (χ1v) is 10.7. The van der Waals surface area contributed by atoms with Gasteiger partial charge in [0.1, 0.15) is 15.6 Å². The first-order valence-electron chi connectivity index (χ1n) is 9.47. The number of carbonyl (C=O) groups is 1. The van der Waals surface area contributed by atoms with Gasteiger partial charge in [-0.1, -0.05) is 44.5 Å². The van der Waals surface area contributed by atoms with Crippen LogP contribution in [0.25, 0.3) is 10.6 Å². The lowest BCUT2D eigenvalue weighted by molar-refractivity contribution is 0.0957. The van der Waals surface area contributed by atoms with Gasteiger partial charge in [-0.05, 0) is 54.8 Å². The first-order chi connectivity index (χ1) is 14.1. The summed E-state index contributed by atoms with van der Waals surface area (Å²) in [5.41, 5.74) is 6.25.